The van der Waals surface area contributed by atoms with Crippen LogP contribution < -0.4 is 5.32 Å². The van der Waals surface area contributed by atoms with Gasteiger partial charge >= 0.3 is 0 Å². The zero-order valence-electron chi connectivity index (χ0n) is 10.6. The van der Waals surface area contributed by atoms with Crippen LogP contribution in [-0.2, 0) is 13.1 Å². The number of hydrogen-bond donors (Lipinski definition) is 1. The fraction of sp³-hybridized carbons (Fsp3) is 0.714. The summed E-state index contributed by atoms with van der Waals surface area (Å²) in [7, 11) is 0. The third-order valence-electron chi connectivity index (χ3n) is 3.93. The molecule has 94 valence electrons. The zero-order chi connectivity index (χ0) is 11.5. The Kier molecular flexibility index (Phi) is 3.48. The molecular formula is C14H23N3. The maximum absolute atomic E-state index is 3.59. The first-order valence-electron chi connectivity index (χ1n) is 7.01. The Morgan fingerprint density at radius 1 is 1.18 bits per heavy atom. The Balaban J connectivity index is 1.48. The Hall–Kier alpha value is -0.800. The number of nitrogens with zero attached hydrogens (tertiary/aromatic N) is 2. The van der Waals surface area contributed by atoms with Gasteiger partial charge in [-0.2, -0.15) is 0 Å². The van der Waals surface area contributed by atoms with Crippen LogP contribution in [0.25, 0.3) is 0 Å². The molecule has 0 amide bonds. The van der Waals surface area contributed by atoms with Crippen LogP contribution in [0, 0.1) is 0 Å². The molecule has 2 fully saturated rings. The lowest BCUT2D eigenvalue weighted by Gasteiger charge is -2.16. The van der Waals surface area contributed by atoms with E-state index in [0.29, 0.717) is 0 Å². The maximum atomic E-state index is 3.59. The molecule has 3 heteroatoms. The van der Waals surface area contributed by atoms with Crippen molar-refractivity contribution in [2.45, 2.75) is 44.8 Å². The van der Waals surface area contributed by atoms with Gasteiger partial charge in [0.2, 0.25) is 0 Å². The van der Waals surface area contributed by atoms with Crippen LogP contribution in [0.4, 0.5) is 0 Å². The van der Waals surface area contributed by atoms with Crippen molar-refractivity contribution in [3.63, 3.8) is 0 Å². The minimum Gasteiger partial charge on any atom is -0.349 e. The second kappa shape index (κ2) is 5.23. The van der Waals surface area contributed by atoms with Crippen molar-refractivity contribution in [3.05, 3.63) is 24.0 Å². The molecule has 1 saturated heterocycles. The molecule has 3 rings (SSSR count). The smallest absolute Gasteiger partial charge is 0.0361 e. The predicted octanol–water partition coefficient (Wildman–Crippen LogP) is 1.84. The first-order valence-corrected chi connectivity index (χ1v) is 7.01. The number of aromatic nitrogens is 1. The summed E-state index contributed by atoms with van der Waals surface area (Å²) >= 11 is 0. The van der Waals surface area contributed by atoms with Crippen LogP contribution >= 0.6 is 0 Å². The Morgan fingerprint density at radius 3 is 2.76 bits per heavy atom. The molecule has 2 aliphatic rings. The lowest BCUT2D eigenvalue weighted by Crippen LogP contribution is -2.25. The molecule has 0 aromatic carbocycles. The second-order valence-electron chi connectivity index (χ2n) is 5.40. The van der Waals surface area contributed by atoms with Gasteiger partial charge in [-0.05, 0) is 50.9 Å². The summed E-state index contributed by atoms with van der Waals surface area (Å²) in [4.78, 5) is 2.58. The Morgan fingerprint density at radius 2 is 2.00 bits per heavy atom. The van der Waals surface area contributed by atoms with E-state index in [9.17, 15) is 0 Å². The number of rotatable bonds is 6. The van der Waals surface area contributed by atoms with Crippen molar-refractivity contribution in [1.82, 2.24) is 14.8 Å². The zero-order valence-corrected chi connectivity index (χ0v) is 10.6. The molecule has 3 nitrogen and oxygen atoms in total. The van der Waals surface area contributed by atoms with Crippen molar-refractivity contribution >= 4 is 0 Å². The molecule has 0 atom stereocenters. The summed E-state index contributed by atoms with van der Waals surface area (Å²) < 4.78 is 2.41. The van der Waals surface area contributed by atoms with Crippen molar-refractivity contribution in [3.8, 4) is 0 Å². The quantitative estimate of drug-likeness (QED) is 0.809. The standard InChI is InChI=1S/C14H23N3/c1-2-8-16(7-1)10-11-17-9-3-4-14(17)12-15-13-5-6-13/h3-4,9,13,15H,1-2,5-8,10-12H2. The summed E-state index contributed by atoms with van der Waals surface area (Å²) in [6, 6.07) is 5.23. The van der Waals surface area contributed by atoms with Gasteiger partial charge in [0.25, 0.3) is 0 Å². The summed E-state index contributed by atoms with van der Waals surface area (Å²) in [6.45, 7) is 6.01. The SMILES string of the molecule is c1cc(CNC2CC2)n(CCN2CCCC2)c1. The van der Waals surface area contributed by atoms with E-state index in [4.69, 9.17) is 0 Å². The molecule has 1 aliphatic heterocycles. The average molecular weight is 233 g/mol. The van der Waals surface area contributed by atoms with Crippen LogP contribution in [0.15, 0.2) is 18.3 Å². The van der Waals surface area contributed by atoms with Gasteiger partial charge in [0.15, 0.2) is 0 Å². The third-order valence-corrected chi connectivity index (χ3v) is 3.93. The lowest BCUT2D eigenvalue weighted by atomic mass is 10.4. The molecular weight excluding hydrogens is 210 g/mol. The molecule has 1 aromatic rings. The molecule has 1 N–H and O–H groups in total. The summed E-state index contributed by atoms with van der Waals surface area (Å²) in [5.74, 6) is 0. The summed E-state index contributed by atoms with van der Waals surface area (Å²) in [5, 5.41) is 3.59. The molecule has 0 bridgehead atoms. The molecule has 1 aliphatic carbocycles. The fourth-order valence-electron chi connectivity index (χ4n) is 2.62. The van der Waals surface area contributed by atoms with Gasteiger partial charge in [-0.25, -0.2) is 0 Å². The van der Waals surface area contributed by atoms with E-state index in [0.717, 1.165) is 19.1 Å². The van der Waals surface area contributed by atoms with Crippen molar-refractivity contribution < 1.29 is 0 Å². The monoisotopic (exact) mass is 233 g/mol. The van der Waals surface area contributed by atoms with E-state index in [-0.39, 0.29) is 0 Å². The number of nitrogens with one attached hydrogen (secondary N) is 1. The second-order valence-corrected chi connectivity index (χ2v) is 5.40. The molecule has 0 spiro atoms. The molecule has 1 aromatic heterocycles. The van der Waals surface area contributed by atoms with E-state index in [1.54, 1.807) is 0 Å². The van der Waals surface area contributed by atoms with Gasteiger partial charge < -0.3 is 14.8 Å². The minimum atomic E-state index is 0.803. The number of likely N-dealkylation sites (tertiary alicyclic amines) is 1. The highest BCUT2D eigenvalue weighted by Crippen LogP contribution is 2.19. The Bertz CT molecular complexity index is 348. The molecule has 2 heterocycles. The predicted molar refractivity (Wildman–Crippen MR) is 70.0 cm³/mol. The van der Waals surface area contributed by atoms with Crippen LogP contribution in [0.5, 0.6) is 0 Å². The van der Waals surface area contributed by atoms with Crippen LogP contribution in [-0.4, -0.2) is 35.1 Å². The van der Waals surface area contributed by atoms with Gasteiger partial charge in [0.05, 0.1) is 0 Å². The highest BCUT2D eigenvalue weighted by Gasteiger charge is 2.20. The van der Waals surface area contributed by atoms with E-state index in [1.807, 2.05) is 0 Å². The van der Waals surface area contributed by atoms with E-state index < -0.39 is 0 Å². The highest BCUT2D eigenvalue weighted by atomic mass is 15.2. The highest BCUT2D eigenvalue weighted by molar-refractivity contribution is 5.07. The van der Waals surface area contributed by atoms with Gasteiger partial charge in [-0.1, -0.05) is 0 Å². The van der Waals surface area contributed by atoms with Gasteiger partial charge in [-0.15, -0.1) is 0 Å². The van der Waals surface area contributed by atoms with E-state index in [2.05, 4.69) is 33.1 Å². The molecule has 0 unspecified atom stereocenters. The summed E-state index contributed by atoms with van der Waals surface area (Å²) in [6.07, 6.45) is 7.74. The van der Waals surface area contributed by atoms with E-state index in [1.165, 1.54) is 51.0 Å². The van der Waals surface area contributed by atoms with Gasteiger partial charge in [0.1, 0.15) is 0 Å². The Labute approximate surface area is 104 Å². The van der Waals surface area contributed by atoms with Crippen molar-refractivity contribution in [2.24, 2.45) is 0 Å². The molecule has 0 radical (unpaired) electrons. The number of hydrogen-bond acceptors (Lipinski definition) is 2. The van der Waals surface area contributed by atoms with E-state index >= 15 is 0 Å². The van der Waals surface area contributed by atoms with Crippen molar-refractivity contribution in [1.29, 1.82) is 0 Å². The van der Waals surface area contributed by atoms with Crippen LogP contribution in [0.3, 0.4) is 0 Å². The van der Waals surface area contributed by atoms with Crippen LogP contribution in [0.2, 0.25) is 0 Å². The van der Waals surface area contributed by atoms with Gasteiger partial charge in [-0.3, -0.25) is 0 Å². The minimum absolute atomic E-state index is 0.803. The topological polar surface area (TPSA) is 20.2 Å². The molecule has 17 heavy (non-hydrogen) atoms. The van der Waals surface area contributed by atoms with Crippen molar-refractivity contribution in [2.75, 3.05) is 19.6 Å². The normalized spacial score (nSPS) is 21.2. The first kappa shape index (κ1) is 11.3. The van der Waals surface area contributed by atoms with Gasteiger partial charge in [0, 0.05) is 37.6 Å². The third kappa shape index (κ3) is 3.11. The summed E-state index contributed by atoms with van der Waals surface area (Å²) in [5.41, 5.74) is 1.44. The molecule has 1 saturated carbocycles. The maximum Gasteiger partial charge on any atom is 0.0361 e. The largest absolute Gasteiger partial charge is 0.349 e. The average Bonchev–Trinajstić information content (AvgIpc) is 2.86. The first-order chi connectivity index (χ1) is 8.42. The lowest BCUT2D eigenvalue weighted by molar-refractivity contribution is 0.320. The fourth-order valence-corrected chi connectivity index (χ4v) is 2.62. The van der Waals surface area contributed by atoms with Crippen LogP contribution in [0.1, 0.15) is 31.4 Å².